The molecule has 2 aromatic rings. The first-order chi connectivity index (χ1) is 8.69. The van der Waals surface area contributed by atoms with E-state index in [0.29, 0.717) is 5.11 Å². The van der Waals surface area contributed by atoms with Crippen LogP contribution in [0.3, 0.4) is 0 Å². The number of hydrogen-bond acceptors (Lipinski definition) is 2. The molecule has 2 rings (SSSR count). The lowest BCUT2D eigenvalue weighted by molar-refractivity contribution is 0.668. The summed E-state index contributed by atoms with van der Waals surface area (Å²) in [7, 11) is 1.78. The number of nitrogens with one attached hydrogen (secondary N) is 2. The van der Waals surface area contributed by atoms with Gasteiger partial charge >= 0.3 is 0 Å². The van der Waals surface area contributed by atoms with Crippen LogP contribution in [-0.4, -0.2) is 21.9 Å². The van der Waals surface area contributed by atoms with Gasteiger partial charge in [0, 0.05) is 18.8 Å². The number of rotatable bonds is 3. The normalized spacial score (nSPS) is 10.1. The van der Waals surface area contributed by atoms with Gasteiger partial charge < -0.3 is 10.6 Å². The van der Waals surface area contributed by atoms with Crippen molar-refractivity contribution in [3.63, 3.8) is 0 Å². The van der Waals surface area contributed by atoms with Crippen molar-refractivity contribution in [2.75, 3.05) is 12.4 Å². The Morgan fingerprint density at radius 3 is 2.72 bits per heavy atom. The van der Waals surface area contributed by atoms with Gasteiger partial charge in [-0.3, -0.25) is 4.68 Å². The van der Waals surface area contributed by atoms with Gasteiger partial charge in [-0.2, -0.15) is 5.10 Å². The Hall–Kier alpha value is -1.88. The third-order valence-corrected chi connectivity index (χ3v) is 2.93. The molecule has 4 nitrogen and oxygen atoms in total. The van der Waals surface area contributed by atoms with Crippen molar-refractivity contribution >= 4 is 23.1 Å². The molecule has 0 aliphatic rings. The van der Waals surface area contributed by atoms with Crippen LogP contribution in [-0.2, 0) is 6.54 Å². The molecule has 2 N–H and O–H groups in total. The highest BCUT2D eigenvalue weighted by Crippen LogP contribution is 2.11. The lowest BCUT2D eigenvalue weighted by atomic mass is 10.2. The summed E-state index contributed by atoms with van der Waals surface area (Å²) >= 11 is 5.05. The molecule has 0 saturated carbocycles. The number of aromatic nitrogens is 2. The molecular weight excluding hydrogens is 244 g/mol. The third kappa shape index (κ3) is 3.07. The highest BCUT2D eigenvalue weighted by Gasteiger charge is 2.05. The van der Waals surface area contributed by atoms with Gasteiger partial charge in [0.05, 0.1) is 6.54 Å². The van der Waals surface area contributed by atoms with Gasteiger partial charge in [-0.05, 0) is 24.7 Å². The Balaban J connectivity index is 2.12. The minimum absolute atomic E-state index is 0.569. The SMILES string of the molecule is CNC(=S)Nc1cc(C)n(Cc2ccccc2)n1. The summed E-state index contributed by atoms with van der Waals surface area (Å²) in [5.41, 5.74) is 2.33. The van der Waals surface area contributed by atoms with Crippen LogP contribution in [0.5, 0.6) is 0 Å². The number of nitrogens with zero attached hydrogens (tertiary/aromatic N) is 2. The van der Waals surface area contributed by atoms with E-state index in [-0.39, 0.29) is 0 Å². The van der Waals surface area contributed by atoms with E-state index in [4.69, 9.17) is 12.2 Å². The minimum Gasteiger partial charge on any atom is -0.365 e. The Morgan fingerprint density at radius 1 is 1.33 bits per heavy atom. The van der Waals surface area contributed by atoms with Crippen molar-refractivity contribution in [1.29, 1.82) is 0 Å². The van der Waals surface area contributed by atoms with Gasteiger partial charge in [0.2, 0.25) is 0 Å². The molecule has 18 heavy (non-hydrogen) atoms. The van der Waals surface area contributed by atoms with Crippen molar-refractivity contribution < 1.29 is 0 Å². The summed E-state index contributed by atoms with van der Waals surface area (Å²) in [6.45, 7) is 2.80. The van der Waals surface area contributed by atoms with E-state index in [1.807, 2.05) is 35.9 Å². The van der Waals surface area contributed by atoms with Gasteiger partial charge in [-0.15, -0.1) is 0 Å². The molecular formula is C13H16N4S. The highest BCUT2D eigenvalue weighted by atomic mass is 32.1. The predicted octanol–water partition coefficient (Wildman–Crippen LogP) is 2.16. The molecule has 1 aromatic carbocycles. The topological polar surface area (TPSA) is 41.9 Å². The molecule has 0 aliphatic carbocycles. The molecule has 0 unspecified atom stereocenters. The maximum atomic E-state index is 5.05. The monoisotopic (exact) mass is 260 g/mol. The summed E-state index contributed by atoms with van der Waals surface area (Å²) in [4.78, 5) is 0. The Bertz CT molecular complexity index is 533. The lowest BCUT2D eigenvalue weighted by Gasteiger charge is -2.04. The predicted molar refractivity (Wildman–Crippen MR) is 77.8 cm³/mol. The fourth-order valence-electron chi connectivity index (χ4n) is 1.67. The summed E-state index contributed by atoms with van der Waals surface area (Å²) in [6, 6.07) is 12.2. The fraction of sp³-hybridized carbons (Fsp3) is 0.231. The van der Waals surface area contributed by atoms with Crippen molar-refractivity contribution in [3.8, 4) is 0 Å². The van der Waals surface area contributed by atoms with Crippen molar-refractivity contribution in [3.05, 3.63) is 47.7 Å². The second-order valence-electron chi connectivity index (χ2n) is 4.02. The molecule has 0 bridgehead atoms. The Morgan fingerprint density at radius 2 is 2.06 bits per heavy atom. The van der Waals surface area contributed by atoms with Crippen molar-refractivity contribution in [2.45, 2.75) is 13.5 Å². The third-order valence-electron chi connectivity index (χ3n) is 2.63. The molecule has 0 saturated heterocycles. The van der Waals surface area contributed by atoms with Crippen LogP contribution in [0.2, 0.25) is 0 Å². The molecule has 94 valence electrons. The van der Waals surface area contributed by atoms with Gasteiger partial charge in [-0.25, -0.2) is 0 Å². The number of benzene rings is 1. The summed E-state index contributed by atoms with van der Waals surface area (Å²) in [6.07, 6.45) is 0. The van der Waals surface area contributed by atoms with E-state index >= 15 is 0 Å². The van der Waals surface area contributed by atoms with Gasteiger partial charge in [0.15, 0.2) is 10.9 Å². The van der Waals surface area contributed by atoms with E-state index in [9.17, 15) is 0 Å². The molecule has 0 fully saturated rings. The average Bonchev–Trinajstić information content (AvgIpc) is 2.71. The van der Waals surface area contributed by atoms with Crippen molar-refractivity contribution in [1.82, 2.24) is 15.1 Å². The van der Waals surface area contributed by atoms with E-state index in [1.54, 1.807) is 7.05 Å². The van der Waals surface area contributed by atoms with Crippen LogP contribution >= 0.6 is 12.2 Å². The Labute approximate surface area is 112 Å². The smallest absolute Gasteiger partial charge is 0.171 e. The molecule has 5 heteroatoms. The van der Waals surface area contributed by atoms with Gasteiger partial charge in [0.1, 0.15) is 0 Å². The molecule has 0 spiro atoms. The van der Waals surface area contributed by atoms with E-state index in [1.165, 1.54) is 5.56 Å². The van der Waals surface area contributed by atoms with E-state index in [0.717, 1.165) is 18.1 Å². The van der Waals surface area contributed by atoms with Gasteiger partial charge in [0.25, 0.3) is 0 Å². The first kappa shape index (κ1) is 12.6. The fourth-order valence-corrected chi connectivity index (χ4v) is 1.77. The van der Waals surface area contributed by atoms with Crippen LogP contribution in [0.15, 0.2) is 36.4 Å². The molecule has 0 aliphatic heterocycles. The van der Waals surface area contributed by atoms with E-state index in [2.05, 4.69) is 27.9 Å². The number of hydrogen-bond donors (Lipinski definition) is 2. The van der Waals surface area contributed by atoms with Crippen molar-refractivity contribution in [2.24, 2.45) is 0 Å². The first-order valence-electron chi connectivity index (χ1n) is 5.76. The molecule has 0 radical (unpaired) electrons. The standard InChI is InChI=1S/C13H16N4S/c1-10-8-12(15-13(18)14-2)16-17(10)9-11-6-4-3-5-7-11/h3-8H,9H2,1-2H3,(H2,14,15,16,18). The molecule has 0 amide bonds. The maximum Gasteiger partial charge on any atom is 0.171 e. The second-order valence-corrected chi connectivity index (χ2v) is 4.43. The first-order valence-corrected chi connectivity index (χ1v) is 6.17. The van der Waals surface area contributed by atoms with Crippen LogP contribution in [0, 0.1) is 6.92 Å². The number of thiocarbonyl (C=S) groups is 1. The van der Waals surface area contributed by atoms with Crippen LogP contribution in [0.4, 0.5) is 5.82 Å². The zero-order valence-corrected chi connectivity index (χ0v) is 11.3. The number of aryl methyl sites for hydroxylation is 1. The molecule has 1 aromatic heterocycles. The average molecular weight is 260 g/mol. The van der Waals surface area contributed by atoms with Crippen LogP contribution in [0.25, 0.3) is 0 Å². The zero-order chi connectivity index (χ0) is 13.0. The second kappa shape index (κ2) is 5.64. The number of anilines is 1. The zero-order valence-electron chi connectivity index (χ0n) is 10.5. The summed E-state index contributed by atoms with van der Waals surface area (Å²) < 4.78 is 1.95. The molecule has 0 atom stereocenters. The maximum absolute atomic E-state index is 5.05. The summed E-state index contributed by atoms with van der Waals surface area (Å²) in [5, 5.41) is 10.9. The van der Waals surface area contributed by atoms with Gasteiger partial charge in [-0.1, -0.05) is 30.3 Å². The highest BCUT2D eigenvalue weighted by molar-refractivity contribution is 7.80. The minimum atomic E-state index is 0.569. The van der Waals surface area contributed by atoms with E-state index < -0.39 is 0 Å². The largest absolute Gasteiger partial charge is 0.365 e. The summed E-state index contributed by atoms with van der Waals surface area (Å²) in [5.74, 6) is 0.766. The molecule has 1 heterocycles. The Kier molecular flexibility index (Phi) is 3.94. The lowest BCUT2D eigenvalue weighted by Crippen LogP contribution is -2.24. The quantitative estimate of drug-likeness (QED) is 0.830. The van der Waals surface area contributed by atoms with Crippen LogP contribution in [0.1, 0.15) is 11.3 Å². The van der Waals surface area contributed by atoms with Crippen LogP contribution < -0.4 is 10.6 Å².